The number of rotatable bonds is 3. The highest BCUT2D eigenvalue weighted by molar-refractivity contribution is 5.94. The number of pyridine rings is 1. The standard InChI is InChI=1S/C12H16FN3O/c13-10-5-9(6-15-7-10)11(17)16-12(8-14)3-1-2-4-12/h5-7H,1-4,8,14H2,(H,16,17). The van der Waals surface area contributed by atoms with Crippen LogP contribution in [0.3, 0.4) is 0 Å². The summed E-state index contributed by atoms with van der Waals surface area (Å²) in [5.41, 5.74) is 5.65. The number of amides is 1. The number of hydrogen-bond acceptors (Lipinski definition) is 3. The molecule has 1 aromatic heterocycles. The summed E-state index contributed by atoms with van der Waals surface area (Å²) in [6, 6.07) is 1.18. The predicted octanol–water partition coefficient (Wildman–Crippen LogP) is 1.22. The Morgan fingerprint density at radius 1 is 1.47 bits per heavy atom. The number of carbonyl (C=O) groups excluding carboxylic acids is 1. The van der Waals surface area contributed by atoms with Gasteiger partial charge < -0.3 is 11.1 Å². The van der Waals surface area contributed by atoms with E-state index in [-0.39, 0.29) is 17.0 Å². The third-order valence-electron chi connectivity index (χ3n) is 3.30. The second-order valence-corrected chi connectivity index (χ2v) is 4.54. The van der Waals surface area contributed by atoms with Gasteiger partial charge in [0.1, 0.15) is 5.82 Å². The lowest BCUT2D eigenvalue weighted by Gasteiger charge is -2.28. The molecule has 3 N–H and O–H groups in total. The summed E-state index contributed by atoms with van der Waals surface area (Å²) >= 11 is 0. The monoisotopic (exact) mass is 237 g/mol. The van der Waals surface area contributed by atoms with Crippen LogP contribution in [0.15, 0.2) is 18.5 Å². The van der Waals surface area contributed by atoms with Gasteiger partial charge in [-0.2, -0.15) is 0 Å². The van der Waals surface area contributed by atoms with E-state index in [1.54, 1.807) is 0 Å². The first-order chi connectivity index (χ1) is 8.15. The Hall–Kier alpha value is -1.49. The second kappa shape index (κ2) is 4.79. The molecule has 1 aromatic rings. The van der Waals surface area contributed by atoms with Crippen LogP contribution >= 0.6 is 0 Å². The molecule has 92 valence electrons. The van der Waals surface area contributed by atoms with Gasteiger partial charge in [0.2, 0.25) is 0 Å². The molecular weight excluding hydrogens is 221 g/mol. The zero-order valence-corrected chi connectivity index (χ0v) is 9.58. The minimum atomic E-state index is -0.508. The van der Waals surface area contributed by atoms with Crippen molar-refractivity contribution in [1.82, 2.24) is 10.3 Å². The minimum Gasteiger partial charge on any atom is -0.345 e. The zero-order valence-electron chi connectivity index (χ0n) is 9.58. The van der Waals surface area contributed by atoms with Crippen molar-refractivity contribution < 1.29 is 9.18 Å². The summed E-state index contributed by atoms with van der Waals surface area (Å²) in [5, 5.41) is 2.91. The summed E-state index contributed by atoms with van der Waals surface area (Å²) in [7, 11) is 0. The fourth-order valence-electron chi connectivity index (χ4n) is 2.28. The van der Waals surface area contributed by atoms with E-state index in [1.807, 2.05) is 0 Å². The molecule has 0 radical (unpaired) electrons. The number of halogens is 1. The molecule has 0 bridgehead atoms. The van der Waals surface area contributed by atoms with Crippen molar-refractivity contribution in [3.05, 3.63) is 29.8 Å². The van der Waals surface area contributed by atoms with Crippen molar-refractivity contribution in [3.63, 3.8) is 0 Å². The van der Waals surface area contributed by atoms with Gasteiger partial charge in [-0.25, -0.2) is 4.39 Å². The fourth-order valence-corrected chi connectivity index (χ4v) is 2.28. The van der Waals surface area contributed by atoms with E-state index in [0.717, 1.165) is 31.9 Å². The van der Waals surface area contributed by atoms with Gasteiger partial charge in [0, 0.05) is 12.7 Å². The second-order valence-electron chi connectivity index (χ2n) is 4.54. The number of hydrogen-bond donors (Lipinski definition) is 2. The Labute approximate surface area is 99.4 Å². The highest BCUT2D eigenvalue weighted by Gasteiger charge is 2.34. The van der Waals surface area contributed by atoms with E-state index >= 15 is 0 Å². The van der Waals surface area contributed by atoms with Crippen molar-refractivity contribution in [1.29, 1.82) is 0 Å². The lowest BCUT2D eigenvalue weighted by molar-refractivity contribution is 0.0902. The van der Waals surface area contributed by atoms with Gasteiger partial charge in [0.15, 0.2) is 0 Å². The summed E-state index contributed by atoms with van der Waals surface area (Å²) in [4.78, 5) is 15.6. The third-order valence-corrected chi connectivity index (χ3v) is 3.30. The van der Waals surface area contributed by atoms with Crippen LogP contribution in [-0.4, -0.2) is 23.0 Å². The summed E-state index contributed by atoms with van der Waals surface area (Å²) in [6.45, 7) is 0.418. The van der Waals surface area contributed by atoms with E-state index < -0.39 is 5.82 Å². The molecule has 17 heavy (non-hydrogen) atoms. The molecule has 2 rings (SSSR count). The molecule has 5 heteroatoms. The Bertz CT molecular complexity index is 416. The Balaban J connectivity index is 2.11. The largest absolute Gasteiger partial charge is 0.345 e. The molecule has 1 heterocycles. The van der Waals surface area contributed by atoms with Crippen LogP contribution in [-0.2, 0) is 0 Å². The van der Waals surface area contributed by atoms with Gasteiger partial charge in [-0.05, 0) is 18.9 Å². The first-order valence-corrected chi connectivity index (χ1v) is 5.78. The van der Waals surface area contributed by atoms with Crippen LogP contribution in [0.25, 0.3) is 0 Å². The van der Waals surface area contributed by atoms with Crippen LogP contribution in [0.4, 0.5) is 4.39 Å². The zero-order chi connectivity index (χ0) is 12.3. The Morgan fingerprint density at radius 3 is 2.76 bits per heavy atom. The maximum Gasteiger partial charge on any atom is 0.253 e. The summed E-state index contributed by atoms with van der Waals surface area (Å²) < 4.78 is 13.0. The normalized spacial score (nSPS) is 18.0. The molecule has 0 saturated heterocycles. The number of aromatic nitrogens is 1. The number of nitrogens with zero attached hydrogens (tertiary/aromatic N) is 1. The van der Waals surface area contributed by atoms with Gasteiger partial charge in [0.25, 0.3) is 5.91 Å². The van der Waals surface area contributed by atoms with Crippen molar-refractivity contribution >= 4 is 5.91 Å². The van der Waals surface area contributed by atoms with E-state index in [4.69, 9.17) is 5.73 Å². The molecule has 1 aliphatic rings. The maximum absolute atomic E-state index is 13.0. The van der Waals surface area contributed by atoms with Crippen molar-refractivity contribution in [3.8, 4) is 0 Å². The van der Waals surface area contributed by atoms with E-state index in [2.05, 4.69) is 10.3 Å². The molecule has 0 unspecified atom stereocenters. The molecule has 1 saturated carbocycles. The summed E-state index contributed by atoms with van der Waals surface area (Å²) in [6.07, 6.45) is 6.34. The quantitative estimate of drug-likeness (QED) is 0.830. The molecule has 0 aliphatic heterocycles. The van der Waals surface area contributed by atoms with Crippen molar-refractivity contribution in [2.45, 2.75) is 31.2 Å². The highest BCUT2D eigenvalue weighted by atomic mass is 19.1. The average Bonchev–Trinajstić information content (AvgIpc) is 2.78. The number of nitrogens with two attached hydrogens (primary N) is 1. The molecule has 4 nitrogen and oxygen atoms in total. The maximum atomic E-state index is 13.0. The molecule has 1 aliphatic carbocycles. The van der Waals surface area contributed by atoms with Gasteiger partial charge in [-0.15, -0.1) is 0 Å². The van der Waals surface area contributed by atoms with Gasteiger partial charge >= 0.3 is 0 Å². The Morgan fingerprint density at radius 2 is 2.18 bits per heavy atom. The smallest absolute Gasteiger partial charge is 0.253 e. The Kier molecular flexibility index (Phi) is 3.38. The molecular formula is C12H16FN3O. The van der Waals surface area contributed by atoms with Crippen molar-refractivity contribution in [2.24, 2.45) is 5.73 Å². The van der Waals surface area contributed by atoms with E-state index in [9.17, 15) is 9.18 Å². The van der Waals surface area contributed by atoms with Gasteiger partial charge in [0.05, 0.1) is 17.3 Å². The van der Waals surface area contributed by atoms with Crippen LogP contribution in [0.1, 0.15) is 36.0 Å². The molecule has 1 amide bonds. The molecule has 0 spiro atoms. The van der Waals surface area contributed by atoms with Crippen molar-refractivity contribution in [2.75, 3.05) is 6.54 Å². The average molecular weight is 237 g/mol. The number of nitrogens with one attached hydrogen (secondary N) is 1. The van der Waals surface area contributed by atoms with Crippen LogP contribution in [0, 0.1) is 5.82 Å². The van der Waals surface area contributed by atoms with Crippen LogP contribution < -0.4 is 11.1 Å². The lowest BCUT2D eigenvalue weighted by Crippen LogP contribution is -2.51. The predicted molar refractivity (Wildman–Crippen MR) is 61.9 cm³/mol. The van der Waals surface area contributed by atoms with Crippen LogP contribution in [0.2, 0.25) is 0 Å². The SMILES string of the molecule is NCC1(NC(=O)c2cncc(F)c2)CCCC1. The lowest BCUT2D eigenvalue weighted by atomic mass is 9.97. The molecule has 0 aromatic carbocycles. The van der Waals surface area contributed by atoms with Gasteiger partial charge in [-0.3, -0.25) is 9.78 Å². The van der Waals surface area contributed by atoms with E-state index in [0.29, 0.717) is 6.54 Å². The van der Waals surface area contributed by atoms with Crippen LogP contribution in [0.5, 0.6) is 0 Å². The first-order valence-electron chi connectivity index (χ1n) is 5.78. The minimum absolute atomic E-state index is 0.240. The summed E-state index contributed by atoms with van der Waals surface area (Å²) in [5.74, 6) is -0.810. The highest BCUT2D eigenvalue weighted by Crippen LogP contribution is 2.28. The number of carbonyl (C=O) groups is 1. The molecule has 0 atom stereocenters. The van der Waals surface area contributed by atoms with Gasteiger partial charge in [-0.1, -0.05) is 12.8 Å². The van der Waals surface area contributed by atoms with E-state index in [1.165, 1.54) is 12.3 Å². The topological polar surface area (TPSA) is 68.0 Å². The molecule has 1 fully saturated rings. The third kappa shape index (κ3) is 2.61. The fraction of sp³-hybridized carbons (Fsp3) is 0.500. The first kappa shape index (κ1) is 12.0.